The van der Waals surface area contributed by atoms with Crippen molar-refractivity contribution >= 4 is 0 Å². The van der Waals surface area contributed by atoms with Crippen molar-refractivity contribution in [2.45, 2.75) is 70.5 Å². The summed E-state index contributed by atoms with van der Waals surface area (Å²) in [6, 6.07) is 3.61. The third kappa shape index (κ3) is 4.95. The predicted molar refractivity (Wildman–Crippen MR) is 87.2 cm³/mol. The van der Waals surface area contributed by atoms with Crippen LogP contribution in [0.1, 0.15) is 52.9 Å². The van der Waals surface area contributed by atoms with Crippen LogP contribution in [0.5, 0.6) is 0 Å². The topological polar surface area (TPSA) is 42.3 Å². The molecule has 21 heavy (non-hydrogen) atoms. The lowest BCUT2D eigenvalue weighted by Crippen LogP contribution is -2.55. The standard InChI is InChI=1S/C17H32N4/c1-15(2)19-17(3,14-18)8-6-9-20-11-12-21-10-5-4-7-16(21)13-20/h15-16,19H,4-13H2,1-3H3. The number of rotatable bonds is 6. The molecule has 0 amide bonds. The first-order chi connectivity index (χ1) is 10.0. The molecular weight excluding hydrogens is 260 g/mol. The Morgan fingerprint density at radius 2 is 2.10 bits per heavy atom. The summed E-state index contributed by atoms with van der Waals surface area (Å²) in [5.74, 6) is 0. The second-order valence-electron chi connectivity index (χ2n) is 7.33. The van der Waals surface area contributed by atoms with Gasteiger partial charge in [-0.15, -0.1) is 0 Å². The molecule has 1 N–H and O–H groups in total. The fourth-order valence-corrected chi connectivity index (χ4v) is 3.88. The number of fused-ring (bicyclic) bond motifs is 1. The largest absolute Gasteiger partial charge is 0.301 e. The summed E-state index contributed by atoms with van der Waals surface area (Å²) < 4.78 is 0. The Morgan fingerprint density at radius 1 is 1.29 bits per heavy atom. The maximum atomic E-state index is 9.39. The minimum Gasteiger partial charge on any atom is -0.301 e. The van der Waals surface area contributed by atoms with Crippen molar-refractivity contribution in [2.75, 3.05) is 32.7 Å². The molecule has 0 radical (unpaired) electrons. The summed E-state index contributed by atoms with van der Waals surface area (Å²) >= 11 is 0. The quantitative estimate of drug-likeness (QED) is 0.815. The Morgan fingerprint density at radius 3 is 2.81 bits per heavy atom. The van der Waals surface area contributed by atoms with E-state index in [4.69, 9.17) is 0 Å². The van der Waals surface area contributed by atoms with Crippen molar-refractivity contribution in [1.82, 2.24) is 15.1 Å². The number of piperidine rings is 1. The van der Waals surface area contributed by atoms with Gasteiger partial charge in [-0.2, -0.15) is 5.26 Å². The summed E-state index contributed by atoms with van der Waals surface area (Å²) in [4.78, 5) is 5.29. The predicted octanol–water partition coefficient (Wildman–Crippen LogP) is 2.22. The summed E-state index contributed by atoms with van der Waals surface area (Å²) in [6.07, 6.45) is 6.21. The van der Waals surface area contributed by atoms with Crippen LogP contribution in [0, 0.1) is 11.3 Å². The number of hydrogen-bond donors (Lipinski definition) is 1. The Balaban J connectivity index is 1.72. The molecule has 0 aromatic carbocycles. The molecule has 2 heterocycles. The Kier molecular flexibility index (Phi) is 6.04. The highest BCUT2D eigenvalue weighted by atomic mass is 15.3. The van der Waals surface area contributed by atoms with E-state index in [9.17, 15) is 5.26 Å². The van der Waals surface area contributed by atoms with Gasteiger partial charge in [0.25, 0.3) is 0 Å². The smallest absolute Gasteiger partial charge is 0.104 e. The molecule has 0 spiro atoms. The molecular formula is C17H32N4. The van der Waals surface area contributed by atoms with Gasteiger partial charge in [-0.1, -0.05) is 6.42 Å². The first-order valence-electron chi connectivity index (χ1n) is 8.68. The van der Waals surface area contributed by atoms with Crippen LogP contribution in [0.2, 0.25) is 0 Å². The van der Waals surface area contributed by atoms with Crippen molar-refractivity contribution in [2.24, 2.45) is 0 Å². The van der Waals surface area contributed by atoms with E-state index in [1.807, 2.05) is 6.92 Å². The van der Waals surface area contributed by atoms with E-state index < -0.39 is 0 Å². The van der Waals surface area contributed by atoms with E-state index in [2.05, 4.69) is 35.0 Å². The van der Waals surface area contributed by atoms with Crippen LogP contribution < -0.4 is 5.32 Å². The molecule has 0 aromatic rings. The van der Waals surface area contributed by atoms with E-state index in [1.165, 1.54) is 45.4 Å². The summed E-state index contributed by atoms with van der Waals surface area (Å²) in [6.45, 7) is 12.4. The lowest BCUT2D eigenvalue weighted by molar-refractivity contribution is 0.0480. The first kappa shape index (κ1) is 16.7. The maximum absolute atomic E-state index is 9.39. The summed E-state index contributed by atoms with van der Waals surface area (Å²) in [5.41, 5.74) is -0.374. The van der Waals surface area contributed by atoms with Crippen LogP contribution in [0.15, 0.2) is 0 Å². The summed E-state index contributed by atoms with van der Waals surface area (Å²) in [5, 5.41) is 12.8. The highest BCUT2D eigenvalue weighted by molar-refractivity contribution is 5.04. The van der Waals surface area contributed by atoms with Crippen LogP contribution >= 0.6 is 0 Å². The van der Waals surface area contributed by atoms with E-state index in [1.54, 1.807) is 0 Å². The lowest BCUT2D eigenvalue weighted by atomic mass is 9.95. The zero-order valence-corrected chi connectivity index (χ0v) is 14.1. The fourth-order valence-electron chi connectivity index (χ4n) is 3.88. The van der Waals surface area contributed by atoms with Crippen LogP contribution in [-0.4, -0.2) is 60.1 Å². The van der Waals surface area contributed by atoms with Crippen LogP contribution in [-0.2, 0) is 0 Å². The Labute approximate surface area is 130 Å². The average molecular weight is 292 g/mol. The molecule has 0 aromatic heterocycles. The molecule has 4 heteroatoms. The minimum atomic E-state index is -0.374. The lowest BCUT2D eigenvalue weighted by Gasteiger charge is -2.44. The number of nitrogens with one attached hydrogen (secondary N) is 1. The van der Waals surface area contributed by atoms with Gasteiger partial charge in [0.15, 0.2) is 0 Å². The molecule has 4 nitrogen and oxygen atoms in total. The maximum Gasteiger partial charge on any atom is 0.104 e. The highest BCUT2D eigenvalue weighted by Gasteiger charge is 2.29. The van der Waals surface area contributed by atoms with Gasteiger partial charge in [-0.3, -0.25) is 10.2 Å². The fraction of sp³-hybridized carbons (Fsp3) is 0.941. The van der Waals surface area contributed by atoms with Crippen LogP contribution in [0.3, 0.4) is 0 Å². The van der Waals surface area contributed by atoms with Gasteiger partial charge in [-0.05, 0) is 59.5 Å². The van der Waals surface area contributed by atoms with Crippen molar-refractivity contribution in [3.05, 3.63) is 0 Å². The van der Waals surface area contributed by atoms with Crippen LogP contribution in [0.25, 0.3) is 0 Å². The molecule has 2 fully saturated rings. The molecule has 0 aliphatic carbocycles. The van der Waals surface area contributed by atoms with Gasteiger partial charge in [0.2, 0.25) is 0 Å². The molecule has 2 saturated heterocycles. The van der Waals surface area contributed by atoms with Crippen molar-refractivity contribution < 1.29 is 0 Å². The van der Waals surface area contributed by atoms with Gasteiger partial charge in [0.1, 0.15) is 5.54 Å². The second kappa shape index (κ2) is 7.58. The normalized spacial score (nSPS) is 27.1. The molecule has 2 atom stereocenters. The van der Waals surface area contributed by atoms with E-state index >= 15 is 0 Å². The monoisotopic (exact) mass is 292 g/mol. The number of piperazine rings is 1. The molecule has 2 rings (SSSR count). The van der Waals surface area contributed by atoms with Gasteiger partial charge in [-0.25, -0.2) is 0 Å². The van der Waals surface area contributed by atoms with Crippen LogP contribution in [0.4, 0.5) is 0 Å². The molecule has 0 saturated carbocycles. The average Bonchev–Trinajstić information content (AvgIpc) is 2.46. The number of nitrogens with zero attached hydrogens (tertiary/aromatic N) is 3. The number of nitriles is 1. The minimum absolute atomic E-state index is 0.362. The molecule has 2 unspecified atom stereocenters. The van der Waals surface area contributed by atoms with E-state index in [0.29, 0.717) is 6.04 Å². The zero-order valence-electron chi connectivity index (χ0n) is 14.1. The van der Waals surface area contributed by atoms with Crippen molar-refractivity contribution in [1.29, 1.82) is 5.26 Å². The highest BCUT2D eigenvalue weighted by Crippen LogP contribution is 2.21. The van der Waals surface area contributed by atoms with Gasteiger partial charge >= 0.3 is 0 Å². The van der Waals surface area contributed by atoms with Gasteiger partial charge in [0.05, 0.1) is 6.07 Å². The third-order valence-electron chi connectivity index (χ3n) is 4.93. The van der Waals surface area contributed by atoms with Crippen molar-refractivity contribution in [3.63, 3.8) is 0 Å². The van der Waals surface area contributed by atoms with Crippen molar-refractivity contribution in [3.8, 4) is 6.07 Å². The Bertz CT molecular complexity index is 362. The third-order valence-corrected chi connectivity index (χ3v) is 4.93. The number of hydrogen-bond acceptors (Lipinski definition) is 4. The van der Waals surface area contributed by atoms with E-state index in [-0.39, 0.29) is 5.54 Å². The Hall–Kier alpha value is -0.630. The van der Waals surface area contributed by atoms with Gasteiger partial charge < -0.3 is 4.90 Å². The molecule has 2 aliphatic heterocycles. The SMILES string of the molecule is CC(C)NC(C)(C#N)CCCN1CCN2CCCCC2C1. The summed E-state index contributed by atoms with van der Waals surface area (Å²) in [7, 11) is 0. The second-order valence-corrected chi connectivity index (χ2v) is 7.33. The van der Waals surface area contributed by atoms with Gasteiger partial charge in [0, 0.05) is 31.7 Å². The zero-order chi connectivity index (χ0) is 15.3. The molecule has 120 valence electrons. The molecule has 0 bridgehead atoms. The molecule has 2 aliphatic rings. The van der Waals surface area contributed by atoms with E-state index in [0.717, 1.165) is 25.4 Å². The first-order valence-corrected chi connectivity index (χ1v) is 8.68.